The lowest BCUT2D eigenvalue weighted by molar-refractivity contribution is -0.127. The van der Waals surface area contributed by atoms with Gasteiger partial charge in [-0.1, -0.05) is 12.1 Å². The largest absolute Gasteiger partial charge is 0.449 e. The molecular formula is C16H22N2O5S. The molecule has 0 aliphatic carbocycles. The third-order valence-electron chi connectivity index (χ3n) is 2.79. The summed E-state index contributed by atoms with van der Waals surface area (Å²) in [5.74, 6) is -1.53. The number of urea groups is 1. The van der Waals surface area contributed by atoms with Crippen LogP contribution in [0.5, 0.6) is 0 Å². The van der Waals surface area contributed by atoms with Crippen molar-refractivity contribution in [2.75, 3.05) is 6.26 Å². The number of rotatable bonds is 4. The Morgan fingerprint density at radius 1 is 1.17 bits per heavy atom. The van der Waals surface area contributed by atoms with E-state index in [4.69, 9.17) is 4.74 Å². The molecule has 3 amide bonds. The van der Waals surface area contributed by atoms with Gasteiger partial charge in [0.15, 0.2) is 6.10 Å². The second-order valence-electron chi connectivity index (χ2n) is 6.19. The minimum Gasteiger partial charge on any atom is -0.449 e. The summed E-state index contributed by atoms with van der Waals surface area (Å²) >= 11 is 0. The Kier molecular flexibility index (Phi) is 6.65. The molecule has 0 unspecified atom stereocenters. The number of hydrogen-bond acceptors (Lipinski definition) is 5. The topological polar surface area (TPSA) is 102 Å². The normalized spacial score (nSPS) is 13.5. The first-order chi connectivity index (χ1) is 11.0. The zero-order valence-electron chi connectivity index (χ0n) is 14.3. The highest BCUT2D eigenvalue weighted by molar-refractivity contribution is 7.84. The van der Waals surface area contributed by atoms with Crippen molar-refractivity contribution in [3.63, 3.8) is 0 Å². The predicted octanol–water partition coefficient (Wildman–Crippen LogP) is 1.59. The van der Waals surface area contributed by atoms with Crippen LogP contribution in [0, 0.1) is 0 Å². The Hall–Kier alpha value is -2.22. The third-order valence-corrected chi connectivity index (χ3v) is 3.77. The average Bonchev–Trinajstić information content (AvgIpc) is 2.44. The highest BCUT2D eigenvalue weighted by atomic mass is 32.2. The van der Waals surface area contributed by atoms with Crippen molar-refractivity contribution < 1.29 is 23.3 Å². The van der Waals surface area contributed by atoms with Gasteiger partial charge in [-0.2, -0.15) is 0 Å². The van der Waals surface area contributed by atoms with E-state index in [0.29, 0.717) is 4.90 Å². The molecule has 0 fully saturated rings. The number of carbonyl (C=O) groups excluding carboxylic acids is 3. The summed E-state index contributed by atoms with van der Waals surface area (Å²) in [5.41, 5.74) is -0.383. The zero-order valence-corrected chi connectivity index (χ0v) is 15.2. The Bertz CT molecular complexity index is 667. The van der Waals surface area contributed by atoms with Crippen molar-refractivity contribution in [1.29, 1.82) is 0 Å². The summed E-state index contributed by atoms with van der Waals surface area (Å²) < 4.78 is 16.7. The molecule has 2 N–H and O–H groups in total. The Morgan fingerprint density at radius 3 is 2.29 bits per heavy atom. The van der Waals surface area contributed by atoms with E-state index in [1.165, 1.54) is 19.2 Å². The quantitative estimate of drug-likeness (QED) is 0.800. The second-order valence-corrected chi connectivity index (χ2v) is 7.54. The number of esters is 1. The molecule has 7 nitrogen and oxygen atoms in total. The van der Waals surface area contributed by atoms with Crippen LogP contribution in [0.1, 0.15) is 38.1 Å². The first-order valence-electron chi connectivity index (χ1n) is 7.27. The van der Waals surface area contributed by atoms with Crippen LogP contribution in [-0.4, -0.2) is 40.0 Å². The van der Waals surface area contributed by atoms with E-state index in [9.17, 15) is 18.6 Å². The minimum atomic E-state index is -1.37. The lowest BCUT2D eigenvalue weighted by Crippen LogP contribution is -2.50. The summed E-state index contributed by atoms with van der Waals surface area (Å²) in [6.07, 6.45) is 0.264. The number of imide groups is 1. The first kappa shape index (κ1) is 19.8. The zero-order chi connectivity index (χ0) is 18.5. The highest BCUT2D eigenvalue weighted by Crippen LogP contribution is 2.14. The van der Waals surface area contributed by atoms with Gasteiger partial charge in [0.05, 0.1) is 21.3 Å². The van der Waals surface area contributed by atoms with Gasteiger partial charge in [0.25, 0.3) is 5.91 Å². The number of nitrogens with one attached hydrogen (secondary N) is 2. The van der Waals surface area contributed by atoms with Crippen LogP contribution in [0.25, 0.3) is 0 Å². The monoisotopic (exact) mass is 354 g/mol. The number of hydrogen-bond donors (Lipinski definition) is 2. The lowest BCUT2D eigenvalue weighted by Gasteiger charge is -2.21. The van der Waals surface area contributed by atoms with Crippen LogP contribution in [0.4, 0.5) is 4.79 Å². The van der Waals surface area contributed by atoms with Gasteiger partial charge < -0.3 is 10.1 Å². The lowest BCUT2D eigenvalue weighted by atomic mass is 10.1. The van der Waals surface area contributed by atoms with Gasteiger partial charge in [-0.25, -0.2) is 9.59 Å². The molecule has 132 valence electrons. The van der Waals surface area contributed by atoms with Gasteiger partial charge in [0.2, 0.25) is 0 Å². The van der Waals surface area contributed by atoms with Crippen LogP contribution in [-0.2, 0) is 20.3 Å². The molecule has 0 saturated carbocycles. The van der Waals surface area contributed by atoms with Crippen LogP contribution in [0.3, 0.4) is 0 Å². The van der Waals surface area contributed by atoms with E-state index < -0.39 is 40.4 Å². The standard InChI is InChI=1S/C16H22N2O5S/c1-10(13(19)17-15(21)18-16(2,3)4)23-14(20)11-8-6-7-9-12(11)24(5)22/h6-10H,1-5H3,(H2,17,18,19,21)/t10-,24+/m1/s1. The van der Waals surface area contributed by atoms with Crippen molar-refractivity contribution in [1.82, 2.24) is 10.6 Å². The Labute approximate surface area is 143 Å². The van der Waals surface area contributed by atoms with Gasteiger partial charge >= 0.3 is 12.0 Å². The summed E-state index contributed by atoms with van der Waals surface area (Å²) in [4.78, 5) is 36.0. The molecule has 1 aromatic rings. The summed E-state index contributed by atoms with van der Waals surface area (Å²) in [7, 11) is -1.37. The number of benzene rings is 1. The minimum absolute atomic E-state index is 0.122. The van der Waals surface area contributed by atoms with E-state index in [2.05, 4.69) is 10.6 Å². The molecule has 1 aromatic carbocycles. The number of amides is 3. The van der Waals surface area contributed by atoms with E-state index >= 15 is 0 Å². The van der Waals surface area contributed by atoms with Gasteiger partial charge in [0, 0.05) is 11.8 Å². The fourth-order valence-electron chi connectivity index (χ4n) is 1.75. The van der Waals surface area contributed by atoms with Gasteiger partial charge in [-0.05, 0) is 39.8 Å². The van der Waals surface area contributed by atoms with Crippen LogP contribution in [0.15, 0.2) is 29.2 Å². The molecule has 8 heteroatoms. The van der Waals surface area contributed by atoms with E-state index in [-0.39, 0.29) is 5.56 Å². The van der Waals surface area contributed by atoms with Crippen LogP contribution in [0.2, 0.25) is 0 Å². The Morgan fingerprint density at radius 2 is 1.75 bits per heavy atom. The van der Waals surface area contributed by atoms with Crippen molar-refractivity contribution in [3.05, 3.63) is 29.8 Å². The summed E-state index contributed by atoms with van der Waals surface area (Å²) in [6, 6.07) is 5.60. The summed E-state index contributed by atoms with van der Waals surface area (Å²) in [6.45, 7) is 6.65. The first-order valence-corrected chi connectivity index (χ1v) is 8.83. The molecule has 0 radical (unpaired) electrons. The molecule has 1 rings (SSSR count). The van der Waals surface area contributed by atoms with Crippen molar-refractivity contribution in [2.45, 2.75) is 44.2 Å². The molecule has 0 saturated heterocycles. The number of carbonyl (C=O) groups is 3. The highest BCUT2D eigenvalue weighted by Gasteiger charge is 2.24. The third kappa shape index (κ3) is 6.11. The molecular weight excluding hydrogens is 332 g/mol. The maximum Gasteiger partial charge on any atom is 0.340 e. The summed E-state index contributed by atoms with van der Waals surface area (Å²) in [5, 5.41) is 4.67. The van der Waals surface area contributed by atoms with Crippen molar-refractivity contribution in [3.8, 4) is 0 Å². The molecule has 24 heavy (non-hydrogen) atoms. The van der Waals surface area contributed by atoms with Crippen LogP contribution >= 0.6 is 0 Å². The maximum absolute atomic E-state index is 12.2. The molecule has 0 spiro atoms. The SMILES string of the molecule is C[C@@H](OC(=O)c1ccccc1[S@](C)=O)C(=O)NC(=O)NC(C)(C)C. The van der Waals surface area contributed by atoms with Gasteiger partial charge in [0.1, 0.15) is 0 Å². The molecule has 0 aromatic heterocycles. The molecule has 0 heterocycles. The molecule has 0 bridgehead atoms. The second kappa shape index (κ2) is 8.05. The molecule has 0 aliphatic heterocycles. The van der Waals surface area contributed by atoms with Crippen molar-refractivity contribution in [2.24, 2.45) is 0 Å². The maximum atomic E-state index is 12.2. The smallest absolute Gasteiger partial charge is 0.340 e. The fraction of sp³-hybridized carbons (Fsp3) is 0.438. The fourth-order valence-corrected chi connectivity index (χ4v) is 2.48. The van der Waals surface area contributed by atoms with E-state index in [1.54, 1.807) is 39.0 Å². The average molecular weight is 354 g/mol. The van der Waals surface area contributed by atoms with Gasteiger partial charge in [-0.15, -0.1) is 0 Å². The van der Waals surface area contributed by atoms with E-state index in [0.717, 1.165) is 0 Å². The molecule has 2 atom stereocenters. The molecule has 0 aliphatic rings. The predicted molar refractivity (Wildman–Crippen MR) is 90.1 cm³/mol. The Balaban J connectivity index is 2.72. The van der Waals surface area contributed by atoms with E-state index in [1.807, 2.05) is 0 Å². The van der Waals surface area contributed by atoms with Gasteiger partial charge in [-0.3, -0.25) is 14.3 Å². The van der Waals surface area contributed by atoms with Crippen molar-refractivity contribution >= 4 is 28.7 Å². The number of ether oxygens (including phenoxy) is 1. The van der Waals surface area contributed by atoms with Crippen LogP contribution < -0.4 is 10.6 Å².